The molecular weight excluding hydrogens is 279 g/mol. The number of ether oxygens (including phenoxy) is 1. The van der Waals surface area contributed by atoms with Gasteiger partial charge in [0, 0.05) is 0 Å². The standard InChI is InChI=1S/C5HF9O3/c6-2(1(15)16,3(7,8)9)17-5(13,14)4(10,11)12/h(H,15,16). The van der Waals surface area contributed by atoms with Crippen LogP contribution < -0.4 is 0 Å². The quantitative estimate of drug-likeness (QED) is 0.808. The molecule has 0 radical (unpaired) electrons. The van der Waals surface area contributed by atoms with E-state index in [1.54, 1.807) is 4.74 Å². The van der Waals surface area contributed by atoms with E-state index in [9.17, 15) is 44.3 Å². The molecule has 0 heterocycles. The molecule has 102 valence electrons. The van der Waals surface area contributed by atoms with E-state index in [1.807, 2.05) is 0 Å². The van der Waals surface area contributed by atoms with Crippen molar-refractivity contribution in [2.75, 3.05) is 0 Å². The minimum atomic E-state index is -6.70. The zero-order valence-electron chi connectivity index (χ0n) is 7.17. The Morgan fingerprint density at radius 2 is 1.18 bits per heavy atom. The van der Waals surface area contributed by atoms with Crippen LogP contribution in [-0.4, -0.2) is 35.4 Å². The first-order valence-corrected chi connectivity index (χ1v) is 3.29. The first-order chi connectivity index (χ1) is 7.15. The van der Waals surface area contributed by atoms with Crippen LogP contribution in [0.3, 0.4) is 0 Å². The van der Waals surface area contributed by atoms with Crippen molar-refractivity contribution in [3.8, 4) is 0 Å². The third kappa shape index (κ3) is 2.92. The zero-order chi connectivity index (χ0) is 14.3. The second-order valence-corrected chi connectivity index (χ2v) is 2.51. The molecule has 0 aliphatic carbocycles. The largest absolute Gasteiger partial charge is 0.483 e. The molecule has 0 spiro atoms. The van der Waals surface area contributed by atoms with Crippen LogP contribution in [0.25, 0.3) is 0 Å². The summed E-state index contributed by atoms with van der Waals surface area (Å²) in [5.74, 6) is -9.86. The van der Waals surface area contributed by atoms with Crippen molar-refractivity contribution in [2.45, 2.75) is 24.3 Å². The Morgan fingerprint density at radius 1 is 0.824 bits per heavy atom. The predicted octanol–water partition coefficient (Wildman–Crippen LogP) is 2.47. The van der Waals surface area contributed by atoms with E-state index in [0.717, 1.165) is 0 Å². The van der Waals surface area contributed by atoms with Crippen LogP contribution in [0, 0.1) is 0 Å². The van der Waals surface area contributed by atoms with Crippen molar-refractivity contribution in [3.05, 3.63) is 0 Å². The summed E-state index contributed by atoms with van der Waals surface area (Å²) in [4.78, 5) is 9.75. The van der Waals surface area contributed by atoms with Crippen LogP contribution in [0.2, 0.25) is 0 Å². The molecule has 0 aliphatic heterocycles. The highest BCUT2D eigenvalue weighted by molar-refractivity contribution is 5.76. The highest BCUT2D eigenvalue weighted by Gasteiger charge is 2.73. The zero-order valence-corrected chi connectivity index (χ0v) is 7.17. The van der Waals surface area contributed by atoms with Crippen molar-refractivity contribution >= 4 is 5.97 Å². The van der Waals surface area contributed by atoms with Gasteiger partial charge in [0.15, 0.2) is 0 Å². The SMILES string of the molecule is O=C(O)C(F)(OC(F)(F)C(F)(F)F)C(F)(F)F. The van der Waals surface area contributed by atoms with E-state index in [0.29, 0.717) is 0 Å². The van der Waals surface area contributed by atoms with Gasteiger partial charge in [-0.2, -0.15) is 39.5 Å². The fraction of sp³-hybridized carbons (Fsp3) is 0.800. The number of carboxylic acid groups (broad SMARTS) is 1. The van der Waals surface area contributed by atoms with Crippen molar-refractivity contribution in [1.29, 1.82) is 0 Å². The van der Waals surface area contributed by atoms with Gasteiger partial charge in [-0.1, -0.05) is 0 Å². The average Bonchev–Trinajstić information content (AvgIpc) is 1.98. The molecular formula is C5HF9O3. The molecule has 0 rings (SSSR count). The summed E-state index contributed by atoms with van der Waals surface area (Å²) in [7, 11) is 0. The predicted molar refractivity (Wildman–Crippen MR) is 29.6 cm³/mol. The van der Waals surface area contributed by atoms with Gasteiger partial charge in [0.05, 0.1) is 0 Å². The molecule has 1 unspecified atom stereocenters. The summed E-state index contributed by atoms with van der Waals surface area (Å²) in [6.07, 6.45) is -19.9. The Bertz CT molecular complexity index is 305. The maximum atomic E-state index is 12.5. The lowest BCUT2D eigenvalue weighted by molar-refractivity contribution is -0.460. The normalized spacial score (nSPS) is 17.7. The molecule has 0 fully saturated rings. The van der Waals surface area contributed by atoms with Gasteiger partial charge in [-0.25, -0.2) is 4.79 Å². The van der Waals surface area contributed by atoms with Crippen molar-refractivity contribution in [3.63, 3.8) is 0 Å². The van der Waals surface area contributed by atoms with Crippen LogP contribution in [0.4, 0.5) is 39.5 Å². The van der Waals surface area contributed by atoms with E-state index in [2.05, 4.69) is 0 Å². The van der Waals surface area contributed by atoms with Gasteiger partial charge >= 0.3 is 30.3 Å². The van der Waals surface area contributed by atoms with E-state index in [4.69, 9.17) is 5.11 Å². The third-order valence-electron chi connectivity index (χ3n) is 1.24. The Hall–Kier alpha value is -1.20. The Labute approximate surface area is 85.8 Å². The van der Waals surface area contributed by atoms with Crippen LogP contribution >= 0.6 is 0 Å². The maximum absolute atomic E-state index is 12.5. The molecule has 0 aliphatic rings. The number of carbonyl (C=O) groups is 1. The van der Waals surface area contributed by atoms with E-state index in [1.165, 1.54) is 0 Å². The van der Waals surface area contributed by atoms with E-state index in [-0.39, 0.29) is 0 Å². The summed E-state index contributed by atoms with van der Waals surface area (Å²) in [5.41, 5.74) is 0. The number of rotatable bonds is 3. The molecule has 0 amide bonds. The lowest BCUT2D eigenvalue weighted by Gasteiger charge is -2.28. The maximum Gasteiger partial charge on any atom is 0.483 e. The monoisotopic (exact) mass is 280 g/mol. The van der Waals surface area contributed by atoms with Gasteiger partial charge in [-0.3, -0.25) is 4.74 Å². The van der Waals surface area contributed by atoms with E-state index >= 15 is 0 Å². The van der Waals surface area contributed by atoms with Crippen molar-refractivity contribution in [2.24, 2.45) is 0 Å². The smallest absolute Gasteiger partial charge is 0.477 e. The molecule has 1 atom stereocenters. The van der Waals surface area contributed by atoms with Gasteiger partial charge < -0.3 is 5.11 Å². The molecule has 3 nitrogen and oxygen atoms in total. The summed E-state index contributed by atoms with van der Waals surface area (Å²) < 4.78 is 108. The fourth-order valence-electron chi connectivity index (χ4n) is 0.457. The topological polar surface area (TPSA) is 46.5 Å². The molecule has 17 heavy (non-hydrogen) atoms. The van der Waals surface area contributed by atoms with Crippen LogP contribution in [-0.2, 0) is 9.53 Å². The van der Waals surface area contributed by atoms with Crippen LogP contribution in [0.15, 0.2) is 0 Å². The van der Waals surface area contributed by atoms with E-state index < -0.39 is 30.3 Å². The summed E-state index contributed by atoms with van der Waals surface area (Å²) in [5, 5.41) is 7.68. The highest BCUT2D eigenvalue weighted by Crippen LogP contribution is 2.45. The Kier molecular flexibility index (Phi) is 3.65. The number of hydrogen-bond donors (Lipinski definition) is 1. The first-order valence-electron chi connectivity index (χ1n) is 3.29. The molecule has 0 aromatic heterocycles. The summed E-state index contributed by atoms with van der Waals surface area (Å²) in [6, 6.07) is 0. The van der Waals surface area contributed by atoms with Crippen molar-refractivity contribution < 1.29 is 54.2 Å². The van der Waals surface area contributed by atoms with Crippen LogP contribution in [0.5, 0.6) is 0 Å². The second kappa shape index (κ2) is 3.92. The number of aliphatic carboxylic acids is 1. The Balaban J connectivity index is 5.39. The molecule has 0 bridgehead atoms. The number of hydrogen-bond acceptors (Lipinski definition) is 2. The van der Waals surface area contributed by atoms with Crippen molar-refractivity contribution in [1.82, 2.24) is 0 Å². The van der Waals surface area contributed by atoms with Gasteiger partial charge in [0.1, 0.15) is 0 Å². The molecule has 0 aromatic carbocycles. The molecule has 0 saturated heterocycles. The molecule has 0 saturated carbocycles. The fourth-order valence-corrected chi connectivity index (χ4v) is 0.457. The second-order valence-electron chi connectivity index (χ2n) is 2.51. The summed E-state index contributed by atoms with van der Waals surface area (Å²) in [6.45, 7) is 0. The highest BCUT2D eigenvalue weighted by atomic mass is 19.4. The number of halogens is 9. The molecule has 12 heteroatoms. The van der Waals surface area contributed by atoms with Gasteiger partial charge in [-0.15, -0.1) is 0 Å². The molecule has 0 aromatic rings. The average molecular weight is 280 g/mol. The van der Waals surface area contributed by atoms with Gasteiger partial charge in [0.25, 0.3) is 0 Å². The lowest BCUT2D eigenvalue weighted by Crippen LogP contribution is -2.57. The first kappa shape index (κ1) is 15.8. The Morgan fingerprint density at radius 3 is 1.35 bits per heavy atom. The van der Waals surface area contributed by atoms with Gasteiger partial charge in [0.2, 0.25) is 0 Å². The third-order valence-corrected chi connectivity index (χ3v) is 1.24. The minimum Gasteiger partial charge on any atom is -0.477 e. The minimum absolute atomic E-state index is 1.77. The summed E-state index contributed by atoms with van der Waals surface area (Å²) >= 11 is 0. The van der Waals surface area contributed by atoms with Gasteiger partial charge in [-0.05, 0) is 0 Å². The molecule has 1 N–H and O–H groups in total. The van der Waals surface area contributed by atoms with Crippen LogP contribution in [0.1, 0.15) is 0 Å². The number of alkyl halides is 9. The lowest BCUT2D eigenvalue weighted by atomic mass is 10.3. The number of carboxylic acids is 1.